The molecule has 0 saturated carbocycles. The summed E-state index contributed by atoms with van der Waals surface area (Å²) < 4.78 is 0. The Morgan fingerprint density at radius 3 is 2.38 bits per heavy atom. The summed E-state index contributed by atoms with van der Waals surface area (Å²) in [7, 11) is 0. The molecule has 1 aromatic rings. The molecule has 0 radical (unpaired) electrons. The maximum Gasteiger partial charge on any atom is 1.00 e. The molecule has 6 heteroatoms. The van der Waals surface area contributed by atoms with Crippen molar-refractivity contribution >= 4 is 23.3 Å². The molecule has 0 aliphatic carbocycles. The van der Waals surface area contributed by atoms with Crippen molar-refractivity contribution in [1.29, 1.82) is 0 Å². The summed E-state index contributed by atoms with van der Waals surface area (Å²) in [4.78, 5) is 10.4. The maximum absolute atomic E-state index is 10.4. The Morgan fingerprint density at radius 1 is 1.46 bits per heavy atom. The van der Waals surface area contributed by atoms with Crippen molar-refractivity contribution < 1.29 is 71.9 Å². The third-order valence-electron chi connectivity index (χ3n) is 1.24. The molecule has 0 saturated heterocycles. The van der Waals surface area contributed by atoms with E-state index in [0.29, 0.717) is 5.02 Å². The fraction of sp³-hybridized carbons (Fsp3) is 0. The molecule has 1 rings (SSSR count). The van der Waals surface area contributed by atoms with Gasteiger partial charge in [-0.2, -0.15) is 0 Å². The number of carboxylic acids is 1. The zero-order valence-corrected chi connectivity index (χ0v) is 12.3. The average Bonchev–Trinajstić information content (AvgIpc) is 1.85. The van der Waals surface area contributed by atoms with Crippen LogP contribution in [0.3, 0.4) is 0 Å². The molecule has 0 fully saturated rings. The largest absolute Gasteiger partial charge is 1.00 e. The summed E-state index contributed by atoms with van der Waals surface area (Å²) in [5.74, 6) is -1.04. The van der Waals surface area contributed by atoms with Crippen LogP contribution in [-0.2, 0) is 0 Å². The molecule has 0 bridgehead atoms. The van der Waals surface area contributed by atoms with Crippen LogP contribution in [-0.4, -0.2) is 11.1 Å². The molecule has 0 spiro atoms. The number of benzene rings is 1. The number of carbonyl (C=O) groups is 1. The van der Waals surface area contributed by atoms with Gasteiger partial charge in [-0.05, 0) is 18.2 Å². The first-order chi connectivity index (χ1) is 5.11. The van der Waals surface area contributed by atoms with E-state index in [1.54, 1.807) is 0 Å². The average molecular weight is 220 g/mol. The minimum atomic E-state index is -1.04. The molecule has 0 amide bonds. The van der Waals surface area contributed by atoms with Crippen molar-refractivity contribution in [2.45, 2.75) is 0 Å². The van der Waals surface area contributed by atoms with Crippen LogP contribution in [0.15, 0.2) is 18.2 Å². The van der Waals surface area contributed by atoms with E-state index in [-0.39, 0.29) is 73.2 Å². The van der Waals surface area contributed by atoms with Crippen molar-refractivity contribution in [2.24, 2.45) is 0 Å². The number of hydrogen-bond acceptors (Lipinski definition) is 2. The summed E-state index contributed by atoms with van der Waals surface area (Å²) in [5.41, 5.74) is 5.62. The second kappa shape index (κ2) is 7.12. The zero-order chi connectivity index (χ0) is 8.43. The molecule has 0 aliphatic heterocycles. The topological polar surface area (TPSA) is 63.3 Å². The molecular formula is C7H8ClNNa2O2. The number of halogens is 1. The summed E-state index contributed by atoms with van der Waals surface area (Å²) in [6.07, 6.45) is 0. The van der Waals surface area contributed by atoms with Gasteiger partial charge in [0.1, 0.15) is 0 Å². The van der Waals surface area contributed by atoms with Gasteiger partial charge in [-0.25, -0.2) is 4.79 Å². The zero-order valence-electron chi connectivity index (χ0n) is 9.54. The van der Waals surface area contributed by atoms with Crippen LogP contribution in [0.5, 0.6) is 0 Å². The summed E-state index contributed by atoms with van der Waals surface area (Å²) in [5, 5.41) is 8.97. The number of anilines is 1. The van der Waals surface area contributed by atoms with Gasteiger partial charge in [0.15, 0.2) is 0 Å². The second-order valence-corrected chi connectivity index (χ2v) is 2.47. The van der Waals surface area contributed by atoms with Crippen LogP contribution < -0.4 is 64.8 Å². The number of nitrogens with two attached hydrogens (primary N) is 1. The van der Waals surface area contributed by atoms with Crippen LogP contribution >= 0.6 is 11.6 Å². The summed E-state index contributed by atoms with van der Waals surface area (Å²) in [6.45, 7) is 0. The van der Waals surface area contributed by atoms with E-state index in [9.17, 15) is 4.79 Å². The fourth-order valence-electron chi connectivity index (χ4n) is 0.728. The number of hydrogen-bond donors (Lipinski definition) is 2. The minimum Gasteiger partial charge on any atom is -1.00 e. The molecule has 0 aromatic heterocycles. The van der Waals surface area contributed by atoms with Gasteiger partial charge in [0, 0.05) is 10.7 Å². The predicted molar refractivity (Wildman–Crippen MR) is 45.0 cm³/mol. The van der Waals surface area contributed by atoms with Crippen molar-refractivity contribution in [3.05, 3.63) is 28.8 Å². The molecule has 0 unspecified atom stereocenters. The number of rotatable bonds is 1. The molecular weight excluding hydrogens is 212 g/mol. The maximum atomic E-state index is 10.4. The first-order valence-electron chi connectivity index (χ1n) is 2.89. The van der Waals surface area contributed by atoms with Gasteiger partial charge in [0.05, 0.1) is 5.56 Å². The Balaban J connectivity index is -0.000000151. The van der Waals surface area contributed by atoms with E-state index in [1.165, 1.54) is 18.2 Å². The molecule has 0 aliphatic rings. The summed E-state index contributed by atoms with van der Waals surface area (Å²) >= 11 is 5.55. The minimum absolute atomic E-state index is 0. The van der Waals surface area contributed by atoms with Gasteiger partial charge in [-0.1, -0.05) is 11.6 Å². The number of aromatic carboxylic acids is 1. The monoisotopic (exact) mass is 219 g/mol. The number of nitrogen functional groups attached to an aromatic ring is 1. The van der Waals surface area contributed by atoms with E-state index < -0.39 is 5.97 Å². The van der Waals surface area contributed by atoms with E-state index in [2.05, 4.69) is 0 Å². The van der Waals surface area contributed by atoms with Crippen LogP contribution in [0.1, 0.15) is 13.2 Å². The first kappa shape index (κ1) is 16.2. The van der Waals surface area contributed by atoms with Gasteiger partial charge in [-0.3, -0.25) is 0 Å². The van der Waals surface area contributed by atoms with Gasteiger partial charge in [-0.15, -0.1) is 0 Å². The van der Waals surface area contributed by atoms with Crippen LogP contribution in [0.4, 0.5) is 5.69 Å². The Labute approximate surface area is 128 Å². The van der Waals surface area contributed by atoms with Gasteiger partial charge >= 0.3 is 65.1 Å². The van der Waals surface area contributed by atoms with E-state index >= 15 is 0 Å². The van der Waals surface area contributed by atoms with E-state index in [0.717, 1.165) is 0 Å². The Morgan fingerprint density at radius 2 is 2.00 bits per heavy atom. The van der Waals surface area contributed by atoms with Crippen LogP contribution in [0, 0.1) is 0 Å². The molecule has 62 valence electrons. The fourth-order valence-corrected chi connectivity index (χ4v) is 0.909. The predicted octanol–water partition coefficient (Wildman–Crippen LogP) is -4.15. The SMILES string of the molecule is Nc1cc(Cl)ccc1C(=O)O.[H-].[H-].[Na+].[Na+]. The Hall–Kier alpha value is 0.780. The van der Waals surface area contributed by atoms with Crippen LogP contribution in [0.2, 0.25) is 5.02 Å². The Kier molecular flexibility index (Phi) is 8.89. The van der Waals surface area contributed by atoms with Gasteiger partial charge in [0.25, 0.3) is 0 Å². The molecule has 3 nitrogen and oxygen atoms in total. The van der Waals surface area contributed by atoms with Crippen molar-refractivity contribution in [3.63, 3.8) is 0 Å². The van der Waals surface area contributed by atoms with E-state index in [1.807, 2.05) is 0 Å². The molecule has 3 N–H and O–H groups in total. The van der Waals surface area contributed by atoms with Crippen molar-refractivity contribution in [1.82, 2.24) is 0 Å². The summed E-state index contributed by atoms with van der Waals surface area (Å²) in [6, 6.07) is 4.27. The Bertz CT molecular complexity index is 315. The van der Waals surface area contributed by atoms with Crippen LogP contribution in [0.25, 0.3) is 0 Å². The van der Waals surface area contributed by atoms with E-state index in [4.69, 9.17) is 22.4 Å². The third kappa shape index (κ3) is 4.70. The van der Waals surface area contributed by atoms with Crippen molar-refractivity contribution in [2.75, 3.05) is 5.73 Å². The molecule has 13 heavy (non-hydrogen) atoms. The smallest absolute Gasteiger partial charge is 1.00 e. The first-order valence-corrected chi connectivity index (χ1v) is 3.27. The third-order valence-corrected chi connectivity index (χ3v) is 1.48. The normalized spacial score (nSPS) is 8.08. The number of carboxylic acid groups (broad SMARTS) is 1. The van der Waals surface area contributed by atoms with Gasteiger partial charge in [0.2, 0.25) is 0 Å². The van der Waals surface area contributed by atoms with Crippen molar-refractivity contribution in [3.8, 4) is 0 Å². The standard InChI is InChI=1S/C7H6ClNO2.2Na.2H/c8-4-1-2-5(7(10)11)6(9)3-4;;;;/h1-3H,9H2,(H,10,11);;;;/q;2*+1;2*-1. The molecule has 0 atom stereocenters. The van der Waals surface area contributed by atoms with Gasteiger partial charge < -0.3 is 13.7 Å². The molecule has 1 aromatic carbocycles. The quantitative estimate of drug-likeness (QED) is 0.372. The molecule has 0 heterocycles. The second-order valence-electron chi connectivity index (χ2n) is 2.04.